The van der Waals surface area contributed by atoms with Gasteiger partial charge in [0.2, 0.25) is 17.7 Å². The number of aliphatic carboxylic acids is 1. The summed E-state index contributed by atoms with van der Waals surface area (Å²) in [4.78, 5) is 61.8. The van der Waals surface area contributed by atoms with Gasteiger partial charge in [-0.05, 0) is 42.9 Å². The first-order valence-electron chi connectivity index (χ1n) is 13.1. The van der Waals surface area contributed by atoms with E-state index >= 15 is 0 Å². The predicted octanol–water partition coefficient (Wildman–Crippen LogP) is -1.52. The summed E-state index contributed by atoms with van der Waals surface area (Å²) in [6.45, 7) is 3.46. The largest absolute Gasteiger partial charge is 0.508 e. The lowest BCUT2D eigenvalue weighted by molar-refractivity contribution is -0.143. The van der Waals surface area contributed by atoms with Crippen molar-refractivity contribution in [3.8, 4) is 5.75 Å². The molecule has 1 aromatic carbocycles. The van der Waals surface area contributed by atoms with Gasteiger partial charge in [-0.2, -0.15) is 0 Å². The summed E-state index contributed by atoms with van der Waals surface area (Å²) in [6, 6.07) is 1.71. The number of guanidine groups is 1. The number of rotatable bonds is 16. The highest BCUT2D eigenvalue weighted by atomic mass is 16.4. The number of hydrogen-bond donors (Lipinski definition) is 9. The second kappa shape index (κ2) is 15.8. The van der Waals surface area contributed by atoms with Crippen molar-refractivity contribution in [2.75, 3.05) is 6.54 Å². The third kappa shape index (κ3) is 11.2. The van der Waals surface area contributed by atoms with Crippen LogP contribution in [0.5, 0.6) is 5.75 Å². The van der Waals surface area contributed by atoms with Crippen LogP contribution in [0.1, 0.15) is 37.9 Å². The van der Waals surface area contributed by atoms with Gasteiger partial charge in [0.05, 0.1) is 12.4 Å². The summed E-state index contributed by atoms with van der Waals surface area (Å²) in [5.74, 6) is -3.71. The Bertz CT molecular complexity index is 1180. The summed E-state index contributed by atoms with van der Waals surface area (Å²) in [5.41, 5.74) is 18.1. The fraction of sp³-hybridized carbons (Fsp3) is 0.462. The Morgan fingerprint density at radius 3 is 2.17 bits per heavy atom. The highest BCUT2D eigenvalue weighted by molar-refractivity contribution is 5.94. The monoisotopic (exact) mass is 573 g/mol. The molecule has 0 aliphatic carbocycles. The number of aliphatic imine (C=N–C) groups is 1. The van der Waals surface area contributed by atoms with E-state index in [9.17, 15) is 29.4 Å². The zero-order valence-corrected chi connectivity index (χ0v) is 23.0. The van der Waals surface area contributed by atoms with E-state index < -0.39 is 53.8 Å². The second-order valence-electron chi connectivity index (χ2n) is 9.90. The number of H-pyrrole nitrogens is 1. The van der Waals surface area contributed by atoms with E-state index in [0.29, 0.717) is 17.7 Å². The number of aromatic hydroxyl groups is 1. The van der Waals surface area contributed by atoms with Crippen molar-refractivity contribution in [2.24, 2.45) is 28.1 Å². The minimum Gasteiger partial charge on any atom is -0.508 e. The number of carboxylic acids is 1. The van der Waals surface area contributed by atoms with Crippen molar-refractivity contribution in [1.29, 1.82) is 0 Å². The smallest absolute Gasteiger partial charge is 0.326 e. The number of imidazole rings is 1. The molecular formula is C26H39N9O6. The Hall–Kier alpha value is -4.66. The minimum absolute atomic E-state index is 0.00951. The van der Waals surface area contributed by atoms with Crippen LogP contribution in [0.15, 0.2) is 41.8 Å². The van der Waals surface area contributed by atoms with Gasteiger partial charge in [0.15, 0.2) is 5.96 Å². The maximum absolute atomic E-state index is 13.4. The molecule has 3 amide bonds. The van der Waals surface area contributed by atoms with E-state index in [1.54, 1.807) is 26.0 Å². The number of carbonyl (C=O) groups is 4. The van der Waals surface area contributed by atoms with Gasteiger partial charge in [0, 0.05) is 24.9 Å². The molecule has 2 rings (SSSR count). The molecule has 0 aliphatic heterocycles. The Balaban J connectivity index is 2.20. The average molecular weight is 574 g/mol. The number of aromatic nitrogens is 2. The zero-order chi connectivity index (χ0) is 30.5. The van der Waals surface area contributed by atoms with Crippen molar-refractivity contribution in [3.63, 3.8) is 0 Å². The molecule has 224 valence electrons. The SMILES string of the molecule is CC(C)C(NC(=O)C(CCCN=C(N)N)NC(=O)C(Cc1cnc[nH]1)NC(=O)C(N)Cc1ccc(O)cc1)C(=O)O. The van der Waals surface area contributed by atoms with Crippen molar-refractivity contribution >= 4 is 29.7 Å². The van der Waals surface area contributed by atoms with E-state index in [1.165, 1.54) is 24.7 Å². The molecule has 0 spiro atoms. The van der Waals surface area contributed by atoms with Gasteiger partial charge in [0.1, 0.15) is 23.9 Å². The van der Waals surface area contributed by atoms with Gasteiger partial charge >= 0.3 is 5.97 Å². The molecule has 1 heterocycles. The molecule has 12 N–H and O–H groups in total. The number of nitrogens with two attached hydrogens (primary N) is 3. The van der Waals surface area contributed by atoms with E-state index in [1.807, 2.05) is 0 Å². The first-order chi connectivity index (χ1) is 19.4. The number of hydrogen-bond acceptors (Lipinski definition) is 8. The molecule has 0 bridgehead atoms. The number of phenols is 1. The molecule has 15 heteroatoms. The van der Waals surface area contributed by atoms with Crippen molar-refractivity contribution in [1.82, 2.24) is 25.9 Å². The molecule has 0 saturated heterocycles. The number of nitrogens with one attached hydrogen (secondary N) is 4. The second-order valence-corrected chi connectivity index (χ2v) is 9.90. The lowest BCUT2D eigenvalue weighted by atomic mass is 10.0. The summed E-state index contributed by atoms with van der Waals surface area (Å²) in [6.07, 6.45) is 3.44. The van der Waals surface area contributed by atoms with Gasteiger partial charge in [-0.25, -0.2) is 9.78 Å². The maximum Gasteiger partial charge on any atom is 0.326 e. The molecule has 41 heavy (non-hydrogen) atoms. The van der Waals surface area contributed by atoms with Crippen LogP contribution in [0.4, 0.5) is 0 Å². The van der Waals surface area contributed by atoms with Gasteiger partial charge in [-0.1, -0.05) is 26.0 Å². The highest BCUT2D eigenvalue weighted by Crippen LogP contribution is 2.11. The van der Waals surface area contributed by atoms with Crippen LogP contribution in [0, 0.1) is 5.92 Å². The molecule has 1 aromatic heterocycles. The van der Waals surface area contributed by atoms with E-state index in [-0.39, 0.29) is 37.5 Å². The fourth-order valence-electron chi connectivity index (χ4n) is 3.90. The average Bonchev–Trinajstić information content (AvgIpc) is 3.42. The Morgan fingerprint density at radius 1 is 0.976 bits per heavy atom. The lowest BCUT2D eigenvalue weighted by Gasteiger charge is -2.26. The molecule has 0 aliphatic rings. The van der Waals surface area contributed by atoms with Crippen LogP contribution in [0.3, 0.4) is 0 Å². The lowest BCUT2D eigenvalue weighted by Crippen LogP contribution is -2.58. The quantitative estimate of drug-likeness (QED) is 0.0635. The van der Waals surface area contributed by atoms with Crippen LogP contribution in [0.2, 0.25) is 0 Å². The molecule has 0 fully saturated rings. The number of nitrogens with zero attached hydrogens (tertiary/aromatic N) is 2. The van der Waals surface area contributed by atoms with Crippen LogP contribution < -0.4 is 33.2 Å². The van der Waals surface area contributed by atoms with Crippen LogP contribution in [-0.2, 0) is 32.0 Å². The molecule has 0 radical (unpaired) electrons. The topological polar surface area (TPSA) is 264 Å². The van der Waals surface area contributed by atoms with Crippen LogP contribution in [-0.4, -0.2) is 80.5 Å². The summed E-state index contributed by atoms with van der Waals surface area (Å²) in [7, 11) is 0. The highest BCUT2D eigenvalue weighted by Gasteiger charge is 2.31. The van der Waals surface area contributed by atoms with Gasteiger partial charge in [-0.15, -0.1) is 0 Å². The van der Waals surface area contributed by atoms with Crippen molar-refractivity contribution in [3.05, 3.63) is 48.0 Å². The first kappa shape index (κ1) is 32.6. The van der Waals surface area contributed by atoms with Crippen LogP contribution in [0.25, 0.3) is 0 Å². The standard InChI is InChI=1S/C26H39N9O6/c1-14(2)21(25(40)41)35-23(38)19(4-3-9-31-26(28)29)33-24(39)20(11-16-12-30-13-32-16)34-22(37)18(27)10-15-5-7-17(36)8-6-15/h5-8,12-14,18-21,36H,3-4,9-11,27H2,1-2H3,(H,30,32)(H,33,39)(H,34,37)(H,35,38)(H,40,41)(H4,28,29,31). The third-order valence-electron chi connectivity index (χ3n) is 6.15. The normalized spacial score (nSPS) is 13.9. The van der Waals surface area contributed by atoms with Crippen molar-refractivity contribution < 1.29 is 29.4 Å². The zero-order valence-electron chi connectivity index (χ0n) is 23.0. The van der Waals surface area contributed by atoms with E-state index in [4.69, 9.17) is 17.2 Å². The molecule has 2 aromatic rings. The fourth-order valence-corrected chi connectivity index (χ4v) is 3.90. The van der Waals surface area contributed by atoms with Gasteiger partial charge in [-0.3, -0.25) is 19.4 Å². The van der Waals surface area contributed by atoms with E-state index in [0.717, 1.165) is 0 Å². The van der Waals surface area contributed by atoms with Gasteiger partial charge < -0.3 is 48.3 Å². The Morgan fingerprint density at radius 2 is 1.61 bits per heavy atom. The third-order valence-corrected chi connectivity index (χ3v) is 6.15. The summed E-state index contributed by atoms with van der Waals surface area (Å²) >= 11 is 0. The first-order valence-corrected chi connectivity index (χ1v) is 13.1. The van der Waals surface area contributed by atoms with Crippen LogP contribution >= 0.6 is 0 Å². The minimum atomic E-state index is -1.22. The Labute approximate surface area is 237 Å². The van der Waals surface area contributed by atoms with Crippen molar-refractivity contribution in [2.45, 2.75) is 63.7 Å². The molecular weight excluding hydrogens is 534 g/mol. The molecule has 15 nitrogen and oxygen atoms in total. The number of amides is 3. The number of benzene rings is 1. The summed E-state index contributed by atoms with van der Waals surface area (Å²) in [5, 5.41) is 26.7. The number of aromatic amines is 1. The molecule has 4 atom stereocenters. The van der Waals surface area contributed by atoms with Gasteiger partial charge in [0.25, 0.3) is 0 Å². The predicted molar refractivity (Wildman–Crippen MR) is 150 cm³/mol. The molecule has 0 saturated carbocycles. The number of carboxylic acid groups (broad SMARTS) is 1. The Kier molecular flexibility index (Phi) is 12.6. The molecule has 4 unspecified atom stereocenters. The summed E-state index contributed by atoms with van der Waals surface area (Å²) < 4.78 is 0. The number of phenolic OH excluding ortho intramolecular Hbond substituents is 1. The number of carbonyl (C=O) groups excluding carboxylic acids is 3. The maximum atomic E-state index is 13.4. The van der Waals surface area contributed by atoms with E-state index in [2.05, 4.69) is 30.9 Å².